The zero-order valence-corrected chi connectivity index (χ0v) is 12.1. The van der Waals surface area contributed by atoms with Crippen molar-refractivity contribution in [2.45, 2.75) is 65.8 Å². The Morgan fingerprint density at radius 3 is 2.67 bits per heavy atom. The summed E-state index contributed by atoms with van der Waals surface area (Å²) in [4.78, 5) is 12.2. The van der Waals surface area contributed by atoms with Gasteiger partial charge in [-0.05, 0) is 30.7 Å². The monoisotopic (exact) mass is 247 g/mol. The second-order valence-electron chi connectivity index (χ2n) is 6.38. The molecule has 2 rings (SSSR count). The lowest BCUT2D eigenvalue weighted by molar-refractivity contribution is 0.0909. The van der Waals surface area contributed by atoms with Crippen LogP contribution in [0.25, 0.3) is 0 Å². The van der Waals surface area contributed by atoms with Gasteiger partial charge in [-0.3, -0.25) is 4.79 Å². The fourth-order valence-electron chi connectivity index (χ4n) is 3.18. The molecule has 0 spiro atoms. The minimum Gasteiger partial charge on any atom is -0.348 e. The van der Waals surface area contributed by atoms with E-state index in [1.807, 2.05) is 6.07 Å². The van der Waals surface area contributed by atoms with E-state index in [4.69, 9.17) is 0 Å². The molecule has 0 radical (unpaired) electrons. The SMILES string of the molecule is CCCC(CC)n1ccc2c1CC(C)(C)CC2=O. The van der Waals surface area contributed by atoms with Crippen molar-refractivity contribution in [3.05, 3.63) is 23.5 Å². The van der Waals surface area contributed by atoms with Crippen LogP contribution < -0.4 is 0 Å². The molecule has 0 aliphatic heterocycles. The fraction of sp³-hybridized carbons (Fsp3) is 0.688. The number of Topliss-reactive ketones (excluding diaryl/α,β-unsaturated/α-hetero) is 1. The summed E-state index contributed by atoms with van der Waals surface area (Å²) in [6, 6.07) is 2.59. The van der Waals surface area contributed by atoms with Crippen molar-refractivity contribution in [2.24, 2.45) is 5.41 Å². The molecule has 1 aromatic heterocycles. The topological polar surface area (TPSA) is 22.0 Å². The standard InChI is InChI=1S/C16H25NO/c1-5-7-12(6-2)17-9-8-13-14(17)10-16(3,4)11-15(13)18/h8-9,12H,5-7,10-11H2,1-4H3. The van der Waals surface area contributed by atoms with Gasteiger partial charge in [0.1, 0.15) is 0 Å². The average molecular weight is 247 g/mol. The van der Waals surface area contributed by atoms with Gasteiger partial charge in [0.2, 0.25) is 0 Å². The van der Waals surface area contributed by atoms with E-state index >= 15 is 0 Å². The molecule has 1 unspecified atom stereocenters. The smallest absolute Gasteiger partial charge is 0.165 e. The number of carbonyl (C=O) groups excluding carboxylic acids is 1. The molecule has 0 saturated heterocycles. The quantitative estimate of drug-likeness (QED) is 0.773. The van der Waals surface area contributed by atoms with Gasteiger partial charge in [0.05, 0.1) is 0 Å². The van der Waals surface area contributed by atoms with E-state index in [0.717, 1.165) is 18.4 Å². The summed E-state index contributed by atoms with van der Waals surface area (Å²) in [5.41, 5.74) is 2.37. The Morgan fingerprint density at radius 1 is 1.33 bits per heavy atom. The molecule has 0 fully saturated rings. The Kier molecular flexibility index (Phi) is 3.65. The molecular formula is C16H25NO. The Hall–Kier alpha value is -1.05. The number of hydrogen-bond donors (Lipinski definition) is 0. The maximum Gasteiger partial charge on any atom is 0.165 e. The van der Waals surface area contributed by atoms with Gasteiger partial charge in [-0.25, -0.2) is 0 Å². The minimum atomic E-state index is 0.116. The Morgan fingerprint density at radius 2 is 2.06 bits per heavy atom. The first-order valence-corrected chi connectivity index (χ1v) is 7.21. The predicted molar refractivity (Wildman–Crippen MR) is 75.1 cm³/mol. The van der Waals surface area contributed by atoms with Crippen LogP contribution >= 0.6 is 0 Å². The van der Waals surface area contributed by atoms with Crippen molar-refractivity contribution in [1.82, 2.24) is 4.57 Å². The van der Waals surface area contributed by atoms with E-state index in [9.17, 15) is 4.79 Å². The third-order valence-electron chi connectivity index (χ3n) is 4.10. The summed E-state index contributed by atoms with van der Waals surface area (Å²) in [6.07, 6.45) is 7.39. The largest absolute Gasteiger partial charge is 0.348 e. The van der Waals surface area contributed by atoms with E-state index in [-0.39, 0.29) is 5.41 Å². The number of aromatic nitrogens is 1. The van der Waals surface area contributed by atoms with Crippen molar-refractivity contribution in [1.29, 1.82) is 0 Å². The second kappa shape index (κ2) is 4.91. The summed E-state index contributed by atoms with van der Waals surface area (Å²) in [5.74, 6) is 0.325. The summed E-state index contributed by atoms with van der Waals surface area (Å²) >= 11 is 0. The summed E-state index contributed by atoms with van der Waals surface area (Å²) < 4.78 is 2.37. The van der Waals surface area contributed by atoms with Gasteiger partial charge in [0.15, 0.2) is 5.78 Å². The van der Waals surface area contributed by atoms with Gasteiger partial charge >= 0.3 is 0 Å². The number of hydrogen-bond acceptors (Lipinski definition) is 1. The zero-order valence-electron chi connectivity index (χ0n) is 12.1. The highest BCUT2D eigenvalue weighted by Crippen LogP contribution is 2.37. The number of ketones is 1. The van der Waals surface area contributed by atoms with Crippen molar-refractivity contribution < 1.29 is 4.79 Å². The molecule has 0 aromatic carbocycles. The van der Waals surface area contributed by atoms with Crippen LogP contribution in [0.2, 0.25) is 0 Å². The van der Waals surface area contributed by atoms with Crippen LogP contribution in [0.15, 0.2) is 12.3 Å². The van der Waals surface area contributed by atoms with Gasteiger partial charge in [-0.1, -0.05) is 34.1 Å². The van der Waals surface area contributed by atoms with Crippen LogP contribution in [0.3, 0.4) is 0 Å². The molecule has 100 valence electrons. The minimum absolute atomic E-state index is 0.116. The Balaban J connectivity index is 2.38. The molecule has 0 bridgehead atoms. The molecule has 0 N–H and O–H groups in total. The van der Waals surface area contributed by atoms with E-state index in [1.54, 1.807) is 0 Å². The lowest BCUT2D eigenvalue weighted by Crippen LogP contribution is -2.28. The number of nitrogens with zero attached hydrogens (tertiary/aromatic N) is 1. The lowest BCUT2D eigenvalue weighted by Gasteiger charge is -2.31. The van der Waals surface area contributed by atoms with Crippen LogP contribution in [0, 0.1) is 5.41 Å². The van der Waals surface area contributed by atoms with E-state index in [0.29, 0.717) is 18.2 Å². The molecule has 1 heterocycles. The van der Waals surface area contributed by atoms with Crippen molar-refractivity contribution >= 4 is 5.78 Å². The first kappa shape index (κ1) is 13.4. The summed E-state index contributed by atoms with van der Waals surface area (Å²) in [5, 5.41) is 0. The fourth-order valence-corrected chi connectivity index (χ4v) is 3.18. The first-order chi connectivity index (χ1) is 8.48. The second-order valence-corrected chi connectivity index (χ2v) is 6.38. The number of fused-ring (bicyclic) bond motifs is 1. The zero-order chi connectivity index (χ0) is 13.3. The molecule has 2 heteroatoms. The van der Waals surface area contributed by atoms with Gasteiger partial charge in [0.25, 0.3) is 0 Å². The number of rotatable bonds is 4. The van der Waals surface area contributed by atoms with Crippen LogP contribution in [0.1, 0.15) is 75.5 Å². The van der Waals surface area contributed by atoms with Crippen molar-refractivity contribution in [2.75, 3.05) is 0 Å². The molecule has 18 heavy (non-hydrogen) atoms. The molecular weight excluding hydrogens is 222 g/mol. The highest BCUT2D eigenvalue weighted by Gasteiger charge is 2.33. The Bertz CT molecular complexity index is 442. The van der Waals surface area contributed by atoms with E-state index in [2.05, 4.69) is 38.5 Å². The van der Waals surface area contributed by atoms with E-state index < -0.39 is 0 Å². The maximum absolute atomic E-state index is 12.2. The molecule has 1 aliphatic carbocycles. The molecule has 1 atom stereocenters. The van der Waals surface area contributed by atoms with Crippen molar-refractivity contribution in [3.63, 3.8) is 0 Å². The predicted octanol–water partition coefficient (Wildman–Crippen LogP) is 4.39. The van der Waals surface area contributed by atoms with Crippen molar-refractivity contribution in [3.8, 4) is 0 Å². The Labute approximate surface area is 110 Å². The van der Waals surface area contributed by atoms with Crippen LogP contribution in [0.4, 0.5) is 0 Å². The lowest BCUT2D eigenvalue weighted by atomic mass is 9.76. The van der Waals surface area contributed by atoms with Crippen LogP contribution in [0.5, 0.6) is 0 Å². The molecule has 0 saturated carbocycles. The van der Waals surface area contributed by atoms with Gasteiger partial charge < -0.3 is 4.57 Å². The summed E-state index contributed by atoms with van der Waals surface area (Å²) in [6.45, 7) is 8.87. The molecule has 1 aromatic rings. The van der Waals surface area contributed by atoms with Gasteiger partial charge in [-0.2, -0.15) is 0 Å². The molecule has 1 aliphatic rings. The highest BCUT2D eigenvalue weighted by molar-refractivity contribution is 5.98. The molecule has 0 amide bonds. The summed E-state index contributed by atoms with van der Waals surface area (Å²) in [7, 11) is 0. The van der Waals surface area contributed by atoms with Crippen LogP contribution in [-0.2, 0) is 6.42 Å². The average Bonchev–Trinajstić information content (AvgIpc) is 2.68. The number of carbonyl (C=O) groups is 1. The van der Waals surface area contributed by atoms with E-state index in [1.165, 1.54) is 18.5 Å². The van der Waals surface area contributed by atoms with Crippen LogP contribution in [-0.4, -0.2) is 10.4 Å². The van der Waals surface area contributed by atoms with Gasteiger partial charge in [0, 0.05) is 29.9 Å². The normalized spacial score (nSPS) is 19.7. The maximum atomic E-state index is 12.2. The third-order valence-corrected chi connectivity index (χ3v) is 4.10. The van der Waals surface area contributed by atoms with Gasteiger partial charge in [-0.15, -0.1) is 0 Å². The molecule has 2 nitrogen and oxygen atoms in total. The highest BCUT2D eigenvalue weighted by atomic mass is 16.1. The first-order valence-electron chi connectivity index (χ1n) is 7.21. The third kappa shape index (κ3) is 2.38.